The highest BCUT2D eigenvalue weighted by atomic mass is 35.5. The quantitative estimate of drug-likeness (QED) is 0.0562. The summed E-state index contributed by atoms with van der Waals surface area (Å²) in [7, 11) is 0. The Kier molecular flexibility index (Phi) is 12.3. The molecular formula is C51H35ClF5N4S+. The summed E-state index contributed by atoms with van der Waals surface area (Å²) in [6.45, 7) is 2.04. The summed E-state index contributed by atoms with van der Waals surface area (Å²) < 4.78 is 77.9. The van der Waals surface area contributed by atoms with Gasteiger partial charge in [-0.15, -0.1) is 11.3 Å². The van der Waals surface area contributed by atoms with E-state index < -0.39 is 29.1 Å². The molecule has 0 atom stereocenters. The van der Waals surface area contributed by atoms with Gasteiger partial charge >= 0.3 is 0 Å². The zero-order valence-electron chi connectivity index (χ0n) is 33.0. The van der Waals surface area contributed by atoms with Crippen molar-refractivity contribution in [3.8, 4) is 17.2 Å². The van der Waals surface area contributed by atoms with Crippen LogP contribution >= 0.6 is 22.9 Å². The van der Waals surface area contributed by atoms with Gasteiger partial charge in [0.05, 0.1) is 5.56 Å². The molecule has 4 nitrogen and oxygen atoms in total. The van der Waals surface area contributed by atoms with Crippen molar-refractivity contribution in [3.63, 3.8) is 0 Å². The summed E-state index contributed by atoms with van der Waals surface area (Å²) >= 11 is 7.63. The molecule has 7 aromatic rings. The molecule has 0 bridgehead atoms. The molecular weight excluding hydrogens is 831 g/mol. The fourth-order valence-corrected chi connectivity index (χ4v) is 9.24. The van der Waals surface area contributed by atoms with Crippen LogP contribution in [0.25, 0.3) is 16.7 Å². The second kappa shape index (κ2) is 18.3. The summed E-state index contributed by atoms with van der Waals surface area (Å²) in [5.41, 5.74) is 4.53. The van der Waals surface area contributed by atoms with Crippen molar-refractivity contribution in [2.24, 2.45) is 0 Å². The predicted octanol–water partition coefficient (Wildman–Crippen LogP) is 14.5. The summed E-state index contributed by atoms with van der Waals surface area (Å²) in [6, 6.07) is 41.9. The van der Waals surface area contributed by atoms with Crippen LogP contribution in [0, 0.1) is 40.4 Å². The van der Waals surface area contributed by atoms with E-state index in [0.29, 0.717) is 43.6 Å². The van der Waals surface area contributed by atoms with E-state index >= 15 is 22.0 Å². The molecule has 0 fully saturated rings. The Morgan fingerprint density at radius 3 is 1.69 bits per heavy atom. The van der Waals surface area contributed by atoms with Crippen molar-refractivity contribution >= 4 is 67.7 Å². The predicted molar refractivity (Wildman–Crippen MR) is 241 cm³/mol. The zero-order chi connectivity index (χ0) is 43.3. The van der Waals surface area contributed by atoms with Gasteiger partial charge in [-0.1, -0.05) is 90.5 Å². The molecule has 0 saturated heterocycles. The average molecular weight is 866 g/mol. The molecule has 1 heterocycles. The average Bonchev–Trinajstić information content (AvgIpc) is 3.66. The first-order valence-electron chi connectivity index (χ1n) is 19.5. The first-order valence-corrected chi connectivity index (χ1v) is 20.9. The number of thiophene rings is 1. The van der Waals surface area contributed by atoms with Crippen LogP contribution in [0.4, 0.5) is 55.4 Å². The Morgan fingerprint density at radius 2 is 1.16 bits per heavy atom. The molecule has 1 aromatic heterocycles. The lowest BCUT2D eigenvalue weighted by atomic mass is 9.90. The molecule has 306 valence electrons. The third-order valence-electron chi connectivity index (χ3n) is 10.4. The Morgan fingerprint density at radius 1 is 0.629 bits per heavy atom. The molecule has 6 aromatic carbocycles. The van der Waals surface area contributed by atoms with E-state index in [0.717, 1.165) is 23.5 Å². The first-order chi connectivity index (χ1) is 30.2. The van der Waals surface area contributed by atoms with Gasteiger partial charge in [0.15, 0.2) is 11.6 Å². The van der Waals surface area contributed by atoms with Crippen LogP contribution in [0.2, 0.25) is 0 Å². The molecule has 1 aliphatic rings. The molecule has 1 aliphatic carbocycles. The van der Waals surface area contributed by atoms with E-state index in [1.165, 1.54) is 51.1 Å². The van der Waals surface area contributed by atoms with Gasteiger partial charge in [-0.2, -0.15) is 18.6 Å². The second-order valence-corrected chi connectivity index (χ2v) is 15.2. The van der Waals surface area contributed by atoms with Crippen LogP contribution in [0.15, 0.2) is 175 Å². The van der Waals surface area contributed by atoms with Crippen molar-refractivity contribution in [2.45, 2.75) is 6.92 Å². The molecule has 0 spiro atoms. The number of nitrogens with zero attached hydrogens (tertiary/aromatic N) is 4. The van der Waals surface area contributed by atoms with Crippen molar-refractivity contribution in [1.29, 1.82) is 5.26 Å². The number of hydrogen-bond acceptors (Lipinski definition) is 4. The highest BCUT2D eigenvalue weighted by molar-refractivity contribution is 7.18. The smallest absolute Gasteiger partial charge is 0.278 e. The largest absolute Gasteiger partial charge is 0.337 e. The van der Waals surface area contributed by atoms with Crippen LogP contribution in [0.5, 0.6) is 0 Å². The topological polar surface area (TPSA) is 33.3 Å². The molecule has 62 heavy (non-hydrogen) atoms. The lowest BCUT2D eigenvalue weighted by Gasteiger charge is -2.25. The lowest BCUT2D eigenvalue weighted by molar-refractivity contribution is -0.422. The van der Waals surface area contributed by atoms with Crippen LogP contribution in [0.1, 0.15) is 22.9 Å². The Bertz CT molecular complexity index is 2860. The maximum atomic E-state index is 16.2. The van der Waals surface area contributed by atoms with Gasteiger partial charge in [0, 0.05) is 57.3 Å². The summed E-state index contributed by atoms with van der Waals surface area (Å²) in [5.74, 6) is -3.54. The van der Waals surface area contributed by atoms with Crippen LogP contribution in [0.3, 0.4) is 0 Å². The minimum Gasteiger partial charge on any atom is -0.337 e. The standard InChI is InChI=1S/C51H35ClF5N4S/c1-2-59(48-42(54)19-11-20-43(48)55)35-27-23-33(24-28-35)46(34-25-29-36(30-26-34)60(32-52)49-44(56)21-12-22-45(49)57)50-47(39-17-9-10-18-41(39)53)40(31-58)51(62-50)61(37-13-5-3-6-14-37)38-15-7-4-8-16-38/h3-30H,2,32H2,1H3/q+1. The molecule has 0 amide bonds. The summed E-state index contributed by atoms with van der Waals surface area (Å²) in [6.07, 6.45) is 6.90. The normalized spacial score (nSPS) is 12.0. The van der Waals surface area contributed by atoms with E-state index in [-0.39, 0.29) is 35.1 Å². The fourth-order valence-electron chi connectivity index (χ4n) is 7.58. The first kappa shape index (κ1) is 41.7. The number of benzene rings is 6. The van der Waals surface area contributed by atoms with Crippen molar-refractivity contribution in [1.82, 2.24) is 0 Å². The Balaban J connectivity index is 1.41. The minimum atomic E-state index is -0.787. The number of allylic oxidation sites excluding steroid dienone is 5. The van der Waals surface area contributed by atoms with Crippen LogP contribution in [-0.2, 0) is 0 Å². The van der Waals surface area contributed by atoms with E-state index in [2.05, 4.69) is 6.07 Å². The highest BCUT2D eigenvalue weighted by Gasteiger charge is 2.31. The van der Waals surface area contributed by atoms with Crippen LogP contribution in [-0.4, -0.2) is 22.8 Å². The number of para-hydroxylation sites is 4. The molecule has 11 heteroatoms. The molecule has 0 radical (unpaired) electrons. The van der Waals surface area contributed by atoms with Gasteiger partial charge in [-0.25, -0.2) is 13.2 Å². The molecule has 0 N–H and O–H groups in total. The number of anilines is 5. The molecule has 0 unspecified atom stereocenters. The maximum absolute atomic E-state index is 16.2. The zero-order valence-corrected chi connectivity index (χ0v) is 34.6. The van der Waals surface area contributed by atoms with E-state index in [1.54, 1.807) is 61.6 Å². The van der Waals surface area contributed by atoms with Crippen molar-refractivity contribution in [2.75, 3.05) is 22.3 Å². The minimum absolute atomic E-state index is 0.192. The fraction of sp³-hybridized carbons (Fsp3) is 0.0588. The van der Waals surface area contributed by atoms with Gasteiger partial charge in [0.2, 0.25) is 11.7 Å². The monoisotopic (exact) mass is 865 g/mol. The van der Waals surface area contributed by atoms with Gasteiger partial charge in [0.25, 0.3) is 5.69 Å². The third-order valence-corrected chi connectivity index (χ3v) is 11.8. The van der Waals surface area contributed by atoms with Gasteiger partial charge in [-0.3, -0.25) is 0 Å². The number of nitriles is 1. The van der Waals surface area contributed by atoms with Crippen molar-refractivity contribution < 1.29 is 26.5 Å². The SMILES string of the molecule is CCN(c1ccc(C(=C2C=CC(=[N+](CCl)c3c(F)cccc3F)C=C2)c2sc(N(c3ccccc3)c3ccccc3)c(C#N)c2-c2ccccc2F)cc1)c1c(F)cccc1F. The van der Waals surface area contributed by atoms with E-state index in [1.807, 2.05) is 77.7 Å². The highest BCUT2D eigenvalue weighted by Crippen LogP contribution is 2.52. The van der Waals surface area contributed by atoms with Gasteiger partial charge < -0.3 is 9.80 Å². The number of alkyl halides is 1. The van der Waals surface area contributed by atoms with Crippen molar-refractivity contribution in [3.05, 3.63) is 221 Å². The molecule has 0 saturated carbocycles. The Hall–Kier alpha value is -7.06. The maximum Gasteiger partial charge on any atom is 0.278 e. The number of hydrogen-bond donors (Lipinski definition) is 0. The summed E-state index contributed by atoms with van der Waals surface area (Å²) in [4.78, 5) is 4.04. The van der Waals surface area contributed by atoms with Gasteiger partial charge in [-0.05, 0) is 96.9 Å². The van der Waals surface area contributed by atoms with E-state index in [4.69, 9.17) is 11.6 Å². The lowest BCUT2D eigenvalue weighted by Crippen LogP contribution is -2.19. The number of halogens is 6. The van der Waals surface area contributed by atoms with Gasteiger partial charge in [0.1, 0.15) is 34.2 Å². The number of rotatable bonds is 11. The van der Waals surface area contributed by atoms with Crippen LogP contribution < -0.4 is 9.80 Å². The second-order valence-electron chi connectivity index (χ2n) is 14.0. The molecule has 8 rings (SSSR count). The summed E-state index contributed by atoms with van der Waals surface area (Å²) in [5, 5.41) is 11.7. The van der Waals surface area contributed by atoms with E-state index in [9.17, 15) is 5.26 Å². The Labute approximate surface area is 365 Å². The molecule has 0 aliphatic heterocycles. The third kappa shape index (κ3) is 7.96.